The Morgan fingerprint density at radius 3 is 1.14 bits per heavy atom. The van der Waals surface area contributed by atoms with E-state index in [9.17, 15) is 0 Å². The van der Waals surface area contributed by atoms with Gasteiger partial charge in [0.05, 0.1) is 0 Å². The van der Waals surface area contributed by atoms with E-state index in [1.165, 1.54) is 11.5 Å². The van der Waals surface area contributed by atoms with E-state index in [1.807, 2.05) is 80.2 Å². The van der Waals surface area contributed by atoms with Gasteiger partial charge in [0.1, 0.15) is 0 Å². The van der Waals surface area contributed by atoms with Crippen molar-refractivity contribution in [1.29, 1.82) is 0 Å². The summed E-state index contributed by atoms with van der Waals surface area (Å²) < 4.78 is 0. The van der Waals surface area contributed by atoms with Gasteiger partial charge in [0.25, 0.3) is 0 Å². The second kappa shape index (κ2) is 59.9. The van der Waals surface area contributed by atoms with Gasteiger partial charge in [-0.15, -0.1) is 0 Å². The lowest BCUT2D eigenvalue weighted by Crippen LogP contribution is -1.64. The Kier molecular flexibility index (Phi) is 106. The van der Waals surface area contributed by atoms with E-state index in [0.717, 1.165) is 5.57 Å². The topological polar surface area (TPSA) is 0 Å². The van der Waals surface area contributed by atoms with Gasteiger partial charge in [-0.25, -0.2) is 0 Å². The Morgan fingerprint density at radius 1 is 0.810 bits per heavy atom. The molecule has 0 bridgehead atoms. The molecular weight excluding hydrogens is 296 g/mol. The molecule has 0 rings (SSSR count). The van der Waals surface area contributed by atoms with E-state index in [-0.39, 0.29) is 0 Å². The number of hydrogen-bond donors (Lipinski definition) is 0. The third-order valence-corrected chi connectivity index (χ3v) is 1.90. The quantitative estimate of drug-likeness (QED) is 0.461. The first-order valence-electron chi connectivity index (χ1n) is 8.30. The van der Waals surface area contributed by atoms with Crippen LogP contribution < -0.4 is 0 Å². The van der Waals surface area contributed by atoms with Crippen molar-refractivity contribution >= 4 is 23.4 Å². The SMILES string of the molecule is C=C(C)/C=C\C(=C)Cl.CC.CC.CC.CC.CCSCC. The predicted octanol–water partition coefficient (Wildman–Crippen LogP) is 8.74. The van der Waals surface area contributed by atoms with E-state index < -0.39 is 0 Å². The molecule has 0 nitrogen and oxygen atoms in total. The van der Waals surface area contributed by atoms with Crippen LogP contribution in [-0.4, -0.2) is 11.5 Å². The molecule has 132 valence electrons. The number of hydrogen-bond acceptors (Lipinski definition) is 1. The first-order chi connectivity index (χ1) is 10.0. The number of rotatable bonds is 4. The molecule has 0 radical (unpaired) electrons. The van der Waals surface area contributed by atoms with Crippen LogP contribution in [0, 0.1) is 0 Å². The second-order valence-corrected chi connectivity index (χ2v) is 4.46. The Balaban J connectivity index is -0.0000000375. The summed E-state index contributed by atoms with van der Waals surface area (Å²) in [7, 11) is 0. The van der Waals surface area contributed by atoms with Crippen molar-refractivity contribution in [2.75, 3.05) is 11.5 Å². The summed E-state index contributed by atoms with van der Waals surface area (Å²) in [5.74, 6) is 2.52. The fraction of sp³-hybridized carbons (Fsp3) is 0.684. The molecule has 0 saturated carbocycles. The van der Waals surface area contributed by atoms with Crippen LogP contribution in [0.1, 0.15) is 76.2 Å². The highest BCUT2D eigenvalue weighted by molar-refractivity contribution is 7.99. The molecule has 0 aromatic rings. The third kappa shape index (κ3) is 135. The highest BCUT2D eigenvalue weighted by atomic mass is 35.5. The van der Waals surface area contributed by atoms with Gasteiger partial charge < -0.3 is 0 Å². The fourth-order valence-corrected chi connectivity index (χ4v) is 0.908. The zero-order valence-corrected chi connectivity index (χ0v) is 18.3. The molecule has 2 heteroatoms. The van der Waals surface area contributed by atoms with Crippen molar-refractivity contribution in [3.8, 4) is 0 Å². The lowest BCUT2D eigenvalue weighted by molar-refractivity contribution is 1.46. The largest absolute Gasteiger partial charge is 0.163 e. The maximum Gasteiger partial charge on any atom is 0.0334 e. The van der Waals surface area contributed by atoms with Gasteiger partial charge in [-0.2, -0.15) is 11.8 Å². The van der Waals surface area contributed by atoms with Gasteiger partial charge in [0, 0.05) is 5.03 Å². The van der Waals surface area contributed by atoms with Crippen LogP contribution in [0.15, 0.2) is 35.9 Å². The molecule has 0 amide bonds. The molecule has 0 aliphatic rings. The smallest absolute Gasteiger partial charge is 0.0334 e. The summed E-state index contributed by atoms with van der Waals surface area (Å²) in [6.45, 7) is 29.4. The number of halogens is 1. The monoisotopic (exact) mass is 338 g/mol. The van der Waals surface area contributed by atoms with Crippen molar-refractivity contribution in [3.63, 3.8) is 0 Å². The summed E-state index contributed by atoms with van der Waals surface area (Å²) in [6.07, 6.45) is 3.53. The summed E-state index contributed by atoms with van der Waals surface area (Å²) in [5, 5.41) is 0.535. The molecule has 0 atom stereocenters. The molecule has 21 heavy (non-hydrogen) atoms. The van der Waals surface area contributed by atoms with E-state index in [0.29, 0.717) is 5.03 Å². The molecule has 0 aromatic heterocycles. The van der Waals surface area contributed by atoms with Gasteiger partial charge >= 0.3 is 0 Å². The minimum absolute atomic E-state index is 0.535. The van der Waals surface area contributed by atoms with Gasteiger partial charge in [-0.3, -0.25) is 0 Å². The van der Waals surface area contributed by atoms with Crippen molar-refractivity contribution in [1.82, 2.24) is 0 Å². The Labute approximate surface area is 147 Å². The lowest BCUT2D eigenvalue weighted by atomic mass is 10.3. The predicted molar refractivity (Wildman–Crippen MR) is 113 cm³/mol. The zero-order valence-electron chi connectivity index (χ0n) is 16.8. The van der Waals surface area contributed by atoms with Gasteiger partial charge in [-0.1, -0.05) is 106 Å². The van der Waals surface area contributed by atoms with Crippen molar-refractivity contribution in [2.24, 2.45) is 0 Å². The molecule has 0 aliphatic heterocycles. The first-order valence-corrected chi connectivity index (χ1v) is 9.83. The van der Waals surface area contributed by atoms with Crippen LogP contribution in [-0.2, 0) is 0 Å². The second-order valence-electron chi connectivity index (χ2n) is 2.41. The molecule has 0 saturated heterocycles. The van der Waals surface area contributed by atoms with Gasteiger partial charge in [0.15, 0.2) is 0 Å². The van der Waals surface area contributed by atoms with Gasteiger partial charge in [-0.05, 0) is 24.5 Å². The summed E-state index contributed by atoms with van der Waals surface area (Å²) in [4.78, 5) is 0. The number of allylic oxidation sites excluding steroid dienone is 4. The molecule has 0 fully saturated rings. The standard InChI is InChI=1S/C7H9Cl.C4H10S.4C2H6/c1-6(2)4-5-7(3)8;1-3-5-4-2;4*1-2/h4-5H,1,3H2,2H3;3-4H2,1-2H3;4*1-2H3/b5-4-;;;;;. The van der Waals surface area contributed by atoms with Crippen LogP contribution in [0.25, 0.3) is 0 Å². The van der Waals surface area contributed by atoms with Crippen LogP contribution in [0.5, 0.6) is 0 Å². The van der Waals surface area contributed by atoms with E-state index in [4.69, 9.17) is 11.6 Å². The first kappa shape index (κ1) is 37.3. The normalized spacial score (nSPS) is 6.86. The average molecular weight is 339 g/mol. The van der Waals surface area contributed by atoms with E-state index in [1.54, 1.807) is 6.08 Å². The van der Waals surface area contributed by atoms with Crippen LogP contribution >= 0.6 is 23.4 Å². The summed E-state index contributed by atoms with van der Waals surface area (Å²) in [6, 6.07) is 0. The van der Waals surface area contributed by atoms with E-state index >= 15 is 0 Å². The van der Waals surface area contributed by atoms with Crippen molar-refractivity contribution < 1.29 is 0 Å². The molecule has 0 aliphatic carbocycles. The lowest BCUT2D eigenvalue weighted by Gasteiger charge is -1.82. The zero-order chi connectivity index (χ0) is 18.7. The van der Waals surface area contributed by atoms with Crippen LogP contribution in [0.2, 0.25) is 0 Å². The maximum absolute atomic E-state index is 5.40. The third-order valence-electron chi connectivity index (χ3n) is 0.957. The van der Waals surface area contributed by atoms with E-state index in [2.05, 4.69) is 27.0 Å². The molecular formula is C19H43ClS. The molecule has 0 heterocycles. The molecule has 0 unspecified atom stereocenters. The minimum Gasteiger partial charge on any atom is -0.163 e. The highest BCUT2D eigenvalue weighted by Crippen LogP contribution is 2.00. The Bertz CT molecular complexity index is 154. The number of thioether (sulfide) groups is 1. The maximum atomic E-state index is 5.40. The van der Waals surface area contributed by atoms with Crippen LogP contribution in [0.4, 0.5) is 0 Å². The average Bonchev–Trinajstić information content (AvgIpc) is 2.54. The Hall–Kier alpha value is -0.140. The highest BCUT2D eigenvalue weighted by Gasteiger charge is 1.75. The summed E-state index contributed by atoms with van der Waals surface area (Å²) in [5.41, 5.74) is 0.979. The molecule has 0 aromatic carbocycles. The van der Waals surface area contributed by atoms with Gasteiger partial charge in [0.2, 0.25) is 0 Å². The Morgan fingerprint density at radius 2 is 1.10 bits per heavy atom. The van der Waals surface area contributed by atoms with Crippen molar-refractivity contribution in [2.45, 2.75) is 76.2 Å². The van der Waals surface area contributed by atoms with Crippen LogP contribution in [0.3, 0.4) is 0 Å². The minimum atomic E-state index is 0.535. The molecule has 0 N–H and O–H groups in total. The fourth-order valence-electron chi connectivity index (χ4n) is 0.437. The molecule has 0 spiro atoms. The van der Waals surface area contributed by atoms with Crippen molar-refractivity contribution in [3.05, 3.63) is 35.9 Å². The summed E-state index contributed by atoms with van der Waals surface area (Å²) >= 11 is 7.36.